The zero-order valence-electron chi connectivity index (χ0n) is 11.4. The minimum atomic E-state index is -0.837. The Hall–Kier alpha value is -2.11. The van der Waals surface area contributed by atoms with Crippen molar-refractivity contribution in [2.24, 2.45) is 0 Å². The van der Waals surface area contributed by atoms with E-state index < -0.39 is 5.54 Å². The Morgan fingerprint density at radius 1 is 1.42 bits per heavy atom. The average molecular weight is 262 g/mol. The third-order valence-electron chi connectivity index (χ3n) is 2.96. The van der Waals surface area contributed by atoms with Gasteiger partial charge in [0.2, 0.25) is 0 Å². The molecule has 2 rings (SSSR count). The van der Waals surface area contributed by atoms with Crippen LogP contribution in [0.3, 0.4) is 0 Å². The molecule has 0 aromatic carbocycles. The Labute approximate surface area is 112 Å². The van der Waals surface area contributed by atoms with Crippen molar-refractivity contribution in [1.29, 1.82) is 0 Å². The number of carbonyl (C=O) groups excluding carboxylic acids is 2. The summed E-state index contributed by atoms with van der Waals surface area (Å²) in [6.45, 7) is 6.37. The van der Waals surface area contributed by atoms with Crippen LogP contribution in [0.5, 0.6) is 0 Å². The van der Waals surface area contributed by atoms with E-state index >= 15 is 0 Å². The second-order valence-electron chi connectivity index (χ2n) is 5.01. The quantitative estimate of drug-likeness (QED) is 0.803. The lowest BCUT2D eigenvalue weighted by Crippen LogP contribution is -2.40. The first-order valence-corrected chi connectivity index (χ1v) is 6.27. The number of nitrogens with zero attached hydrogens (tertiary/aromatic N) is 2. The van der Waals surface area contributed by atoms with Crippen LogP contribution in [0.4, 0.5) is 10.5 Å². The molecule has 1 aromatic rings. The SMILES string of the molecule is CCNc1ccnc(CN2C(=O)NC(C)(C)C2=O)c1. The van der Waals surface area contributed by atoms with Gasteiger partial charge in [0.05, 0.1) is 12.2 Å². The van der Waals surface area contributed by atoms with Crippen molar-refractivity contribution in [3.8, 4) is 0 Å². The Bertz CT molecular complexity index is 513. The molecule has 1 aromatic heterocycles. The summed E-state index contributed by atoms with van der Waals surface area (Å²) in [5, 5.41) is 5.81. The number of rotatable bonds is 4. The smallest absolute Gasteiger partial charge is 0.325 e. The zero-order valence-corrected chi connectivity index (χ0v) is 11.4. The normalized spacial score (nSPS) is 17.5. The monoisotopic (exact) mass is 262 g/mol. The van der Waals surface area contributed by atoms with Gasteiger partial charge in [-0.05, 0) is 32.9 Å². The van der Waals surface area contributed by atoms with E-state index in [1.165, 1.54) is 4.90 Å². The molecule has 0 unspecified atom stereocenters. The summed E-state index contributed by atoms with van der Waals surface area (Å²) in [6.07, 6.45) is 1.66. The van der Waals surface area contributed by atoms with Crippen LogP contribution in [-0.2, 0) is 11.3 Å². The maximum absolute atomic E-state index is 12.1. The van der Waals surface area contributed by atoms with Gasteiger partial charge in [-0.2, -0.15) is 0 Å². The second kappa shape index (κ2) is 4.87. The van der Waals surface area contributed by atoms with Gasteiger partial charge in [0, 0.05) is 18.4 Å². The predicted octanol–water partition coefficient (Wildman–Crippen LogP) is 1.34. The standard InChI is InChI=1S/C13H18N4O2/c1-4-14-9-5-6-15-10(7-9)8-17-11(18)13(2,3)16-12(17)19/h5-7H,4,8H2,1-3H3,(H,14,15)(H,16,19). The molecule has 1 aliphatic heterocycles. The van der Waals surface area contributed by atoms with Crippen LogP contribution in [0.15, 0.2) is 18.3 Å². The number of hydrogen-bond acceptors (Lipinski definition) is 4. The Balaban J connectivity index is 2.15. The molecule has 3 amide bonds. The molecule has 19 heavy (non-hydrogen) atoms. The van der Waals surface area contributed by atoms with Crippen molar-refractivity contribution in [3.63, 3.8) is 0 Å². The number of anilines is 1. The molecule has 6 nitrogen and oxygen atoms in total. The first kappa shape index (κ1) is 13.3. The number of hydrogen-bond donors (Lipinski definition) is 2. The van der Waals surface area contributed by atoms with Crippen LogP contribution in [0.25, 0.3) is 0 Å². The fourth-order valence-corrected chi connectivity index (χ4v) is 2.00. The molecule has 2 N–H and O–H groups in total. The lowest BCUT2D eigenvalue weighted by Gasteiger charge is -2.16. The maximum Gasteiger partial charge on any atom is 0.325 e. The van der Waals surface area contributed by atoms with Crippen LogP contribution < -0.4 is 10.6 Å². The van der Waals surface area contributed by atoms with E-state index in [0.717, 1.165) is 12.2 Å². The molecule has 1 aliphatic rings. The lowest BCUT2D eigenvalue weighted by atomic mass is 10.1. The van der Waals surface area contributed by atoms with Gasteiger partial charge in [-0.3, -0.25) is 14.7 Å². The first-order valence-electron chi connectivity index (χ1n) is 6.27. The van der Waals surface area contributed by atoms with Crippen LogP contribution in [-0.4, -0.2) is 33.9 Å². The van der Waals surface area contributed by atoms with Gasteiger partial charge >= 0.3 is 6.03 Å². The molecule has 0 radical (unpaired) electrons. The number of amides is 3. The first-order chi connectivity index (χ1) is 8.94. The predicted molar refractivity (Wildman–Crippen MR) is 71.6 cm³/mol. The molecular weight excluding hydrogens is 244 g/mol. The maximum atomic E-state index is 12.1. The largest absolute Gasteiger partial charge is 0.385 e. The van der Waals surface area contributed by atoms with Crippen LogP contribution in [0.1, 0.15) is 26.5 Å². The molecule has 0 aliphatic carbocycles. The molecule has 1 fully saturated rings. The van der Waals surface area contributed by atoms with E-state index in [-0.39, 0.29) is 18.5 Å². The highest BCUT2D eigenvalue weighted by Crippen LogP contribution is 2.19. The highest BCUT2D eigenvalue weighted by molar-refractivity contribution is 6.06. The van der Waals surface area contributed by atoms with Gasteiger partial charge in [-0.1, -0.05) is 0 Å². The van der Waals surface area contributed by atoms with Gasteiger partial charge < -0.3 is 10.6 Å². The van der Waals surface area contributed by atoms with Crippen molar-refractivity contribution in [3.05, 3.63) is 24.0 Å². The molecule has 0 bridgehead atoms. The van der Waals surface area contributed by atoms with Crippen molar-refractivity contribution in [2.75, 3.05) is 11.9 Å². The summed E-state index contributed by atoms with van der Waals surface area (Å²) in [5.41, 5.74) is 0.773. The summed E-state index contributed by atoms with van der Waals surface area (Å²) in [6, 6.07) is 3.32. The second-order valence-corrected chi connectivity index (χ2v) is 5.01. The van der Waals surface area contributed by atoms with E-state index in [9.17, 15) is 9.59 Å². The highest BCUT2D eigenvalue weighted by Gasteiger charge is 2.44. The summed E-state index contributed by atoms with van der Waals surface area (Å²) in [5.74, 6) is -0.229. The Morgan fingerprint density at radius 2 is 2.16 bits per heavy atom. The minimum Gasteiger partial charge on any atom is -0.385 e. The summed E-state index contributed by atoms with van der Waals surface area (Å²) < 4.78 is 0. The van der Waals surface area contributed by atoms with Gasteiger partial charge in [0.15, 0.2) is 0 Å². The number of aromatic nitrogens is 1. The zero-order chi connectivity index (χ0) is 14.0. The van der Waals surface area contributed by atoms with Crippen molar-refractivity contribution in [2.45, 2.75) is 32.9 Å². The number of urea groups is 1. The van der Waals surface area contributed by atoms with Crippen LogP contribution in [0, 0.1) is 0 Å². The minimum absolute atomic E-state index is 0.188. The molecule has 0 spiro atoms. The molecule has 2 heterocycles. The van der Waals surface area contributed by atoms with Gasteiger partial charge in [0.1, 0.15) is 5.54 Å². The van der Waals surface area contributed by atoms with Crippen molar-refractivity contribution >= 4 is 17.6 Å². The third kappa shape index (κ3) is 2.67. The Morgan fingerprint density at radius 3 is 2.74 bits per heavy atom. The van der Waals surface area contributed by atoms with Crippen LogP contribution >= 0.6 is 0 Å². The van der Waals surface area contributed by atoms with Crippen LogP contribution in [0.2, 0.25) is 0 Å². The fraction of sp³-hybridized carbons (Fsp3) is 0.462. The summed E-state index contributed by atoms with van der Waals surface area (Å²) in [7, 11) is 0. The molecule has 0 saturated carbocycles. The van der Waals surface area contributed by atoms with Crippen molar-refractivity contribution < 1.29 is 9.59 Å². The molecule has 0 atom stereocenters. The highest BCUT2D eigenvalue weighted by atomic mass is 16.2. The van der Waals surface area contributed by atoms with E-state index in [4.69, 9.17) is 0 Å². The topological polar surface area (TPSA) is 74.3 Å². The van der Waals surface area contributed by atoms with E-state index in [1.807, 2.05) is 19.1 Å². The van der Waals surface area contributed by atoms with Gasteiger partial charge in [0.25, 0.3) is 5.91 Å². The van der Waals surface area contributed by atoms with E-state index in [0.29, 0.717) is 5.69 Å². The third-order valence-corrected chi connectivity index (χ3v) is 2.96. The lowest BCUT2D eigenvalue weighted by molar-refractivity contribution is -0.130. The summed E-state index contributed by atoms with van der Waals surface area (Å²) >= 11 is 0. The number of carbonyl (C=O) groups is 2. The summed E-state index contributed by atoms with van der Waals surface area (Å²) in [4.78, 5) is 29.2. The van der Waals surface area contributed by atoms with Crippen molar-refractivity contribution in [1.82, 2.24) is 15.2 Å². The fourth-order valence-electron chi connectivity index (χ4n) is 2.00. The number of pyridine rings is 1. The molecule has 1 saturated heterocycles. The molecule has 102 valence electrons. The average Bonchev–Trinajstić information content (AvgIpc) is 2.53. The van der Waals surface area contributed by atoms with Gasteiger partial charge in [-0.15, -0.1) is 0 Å². The number of nitrogens with one attached hydrogen (secondary N) is 2. The van der Waals surface area contributed by atoms with E-state index in [1.54, 1.807) is 20.0 Å². The number of imide groups is 1. The van der Waals surface area contributed by atoms with E-state index in [2.05, 4.69) is 15.6 Å². The van der Waals surface area contributed by atoms with Gasteiger partial charge in [-0.25, -0.2) is 4.79 Å². The molecular formula is C13H18N4O2. The Kier molecular flexibility index (Phi) is 3.42. The molecule has 6 heteroatoms.